The number of halogens is 1. The van der Waals surface area contributed by atoms with Crippen LogP contribution in [0, 0.1) is 5.82 Å². The van der Waals surface area contributed by atoms with Gasteiger partial charge in [-0.2, -0.15) is 0 Å². The topological polar surface area (TPSA) is 49.8 Å². The number of hydrogen-bond donors (Lipinski definition) is 1. The maximum Gasteiger partial charge on any atom is 0.130 e. The summed E-state index contributed by atoms with van der Waals surface area (Å²) in [5.74, 6) is 0.667. The monoisotopic (exact) mass is 385 g/mol. The molecule has 0 saturated carbocycles. The molecular weight excluding hydrogens is 357 g/mol. The fraction of sp³-hybridized carbons (Fsp3) is 0.435. The number of rotatable bonds is 9. The highest BCUT2D eigenvalue weighted by Gasteiger charge is 2.27. The molecule has 4 nitrogen and oxygen atoms in total. The minimum atomic E-state index is -0.599. The largest absolute Gasteiger partial charge is 0.491 e. The molecule has 0 bridgehead atoms. The minimum absolute atomic E-state index is 0.185. The lowest BCUT2D eigenvalue weighted by atomic mass is 10.0. The fourth-order valence-corrected chi connectivity index (χ4v) is 3.70. The van der Waals surface area contributed by atoms with Gasteiger partial charge in [0.1, 0.15) is 30.1 Å². The molecule has 0 aliphatic carbocycles. The molecule has 1 fully saturated rings. The van der Waals surface area contributed by atoms with Crippen LogP contribution in [0.15, 0.2) is 48.5 Å². The van der Waals surface area contributed by atoms with Crippen molar-refractivity contribution in [3.63, 3.8) is 0 Å². The molecule has 28 heavy (non-hydrogen) atoms. The highest BCUT2D eigenvalue weighted by Crippen LogP contribution is 2.32. The van der Waals surface area contributed by atoms with Crippen LogP contribution in [0.5, 0.6) is 5.75 Å². The van der Waals surface area contributed by atoms with Crippen molar-refractivity contribution in [1.82, 2.24) is 4.90 Å². The molecule has 0 spiro atoms. The number of carbonyl (C=O) groups excluding carboxylic acids is 1. The number of aliphatic hydroxyl groups is 1. The van der Waals surface area contributed by atoms with Gasteiger partial charge in [0.25, 0.3) is 0 Å². The molecule has 2 atom stereocenters. The van der Waals surface area contributed by atoms with Gasteiger partial charge in [-0.1, -0.05) is 24.3 Å². The number of β-amino-alcohol motifs (C(OH)–C–C–N with tert-alkyl or cyclic N) is 1. The first-order valence-corrected chi connectivity index (χ1v) is 9.90. The van der Waals surface area contributed by atoms with Crippen LogP contribution >= 0.6 is 0 Å². The average Bonchev–Trinajstić information content (AvgIpc) is 3.14. The number of ether oxygens (including phenoxy) is 1. The summed E-state index contributed by atoms with van der Waals surface area (Å²) < 4.78 is 18.9. The Morgan fingerprint density at radius 1 is 1.21 bits per heavy atom. The van der Waals surface area contributed by atoms with Gasteiger partial charge in [-0.25, -0.2) is 4.39 Å². The maximum absolute atomic E-state index is 13.2. The van der Waals surface area contributed by atoms with Crippen molar-refractivity contribution in [3.8, 4) is 5.75 Å². The molecule has 1 aliphatic rings. The standard InChI is InChI=1S/C23H28FNO3/c1-17(26)4-5-18-6-12-22(13-7-18)28-16-21(27)15-25-14-2-3-23(25)19-8-10-20(24)11-9-19/h6-13,21,23,27H,2-5,14-16H2,1H3/t21-,23-/m1/s1. The van der Waals surface area contributed by atoms with Gasteiger partial charge in [0.2, 0.25) is 0 Å². The second kappa shape index (κ2) is 9.80. The van der Waals surface area contributed by atoms with E-state index < -0.39 is 6.10 Å². The number of nitrogens with zero attached hydrogens (tertiary/aromatic N) is 1. The van der Waals surface area contributed by atoms with E-state index in [1.54, 1.807) is 6.92 Å². The third-order valence-corrected chi connectivity index (χ3v) is 5.20. The second-order valence-corrected chi connectivity index (χ2v) is 7.52. The van der Waals surface area contributed by atoms with E-state index in [2.05, 4.69) is 4.90 Å². The van der Waals surface area contributed by atoms with E-state index in [1.807, 2.05) is 36.4 Å². The molecule has 1 aliphatic heterocycles. The lowest BCUT2D eigenvalue weighted by Gasteiger charge is -2.27. The summed E-state index contributed by atoms with van der Waals surface area (Å²) in [6.45, 7) is 3.27. The normalized spacial score (nSPS) is 18.2. The van der Waals surface area contributed by atoms with E-state index in [9.17, 15) is 14.3 Å². The number of hydrogen-bond acceptors (Lipinski definition) is 4. The van der Waals surface area contributed by atoms with Gasteiger partial charge in [0.15, 0.2) is 0 Å². The van der Waals surface area contributed by atoms with E-state index in [1.165, 1.54) is 12.1 Å². The van der Waals surface area contributed by atoms with Crippen LogP contribution in [0.1, 0.15) is 43.4 Å². The molecule has 5 heteroatoms. The van der Waals surface area contributed by atoms with Crippen LogP contribution in [0.3, 0.4) is 0 Å². The summed E-state index contributed by atoms with van der Waals surface area (Å²) in [6.07, 6.45) is 2.76. The van der Waals surface area contributed by atoms with Gasteiger partial charge >= 0.3 is 0 Å². The Kier molecular flexibility index (Phi) is 7.18. The van der Waals surface area contributed by atoms with E-state index >= 15 is 0 Å². The summed E-state index contributed by atoms with van der Waals surface area (Å²) >= 11 is 0. The lowest BCUT2D eigenvalue weighted by molar-refractivity contribution is -0.116. The van der Waals surface area contributed by atoms with Gasteiger partial charge in [-0.05, 0) is 68.1 Å². The summed E-state index contributed by atoms with van der Waals surface area (Å²) in [6, 6.07) is 14.5. The van der Waals surface area contributed by atoms with Gasteiger partial charge in [0.05, 0.1) is 0 Å². The van der Waals surface area contributed by atoms with Crippen molar-refractivity contribution in [1.29, 1.82) is 0 Å². The summed E-state index contributed by atoms with van der Waals surface area (Å²) in [5.41, 5.74) is 2.19. The maximum atomic E-state index is 13.2. The molecule has 1 saturated heterocycles. The van der Waals surface area contributed by atoms with Crippen molar-refractivity contribution >= 4 is 5.78 Å². The van der Waals surface area contributed by atoms with Crippen molar-refractivity contribution < 1.29 is 19.0 Å². The quantitative estimate of drug-likeness (QED) is 0.711. The van der Waals surface area contributed by atoms with Crippen LogP contribution in [0.4, 0.5) is 4.39 Å². The zero-order chi connectivity index (χ0) is 19.9. The van der Waals surface area contributed by atoms with Crippen molar-refractivity contribution in [2.45, 2.75) is 44.8 Å². The molecule has 0 aromatic heterocycles. The SMILES string of the molecule is CC(=O)CCc1ccc(OC[C@H](O)CN2CCC[C@@H]2c2ccc(F)cc2)cc1. The molecule has 0 unspecified atom stereocenters. The molecule has 2 aromatic carbocycles. The molecule has 0 radical (unpaired) electrons. The fourth-order valence-electron chi connectivity index (χ4n) is 3.70. The molecule has 3 rings (SSSR count). The summed E-state index contributed by atoms with van der Waals surface area (Å²) in [5, 5.41) is 10.4. The average molecular weight is 385 g/mol. The highest BCUT2D eigenvalue weighted by molar-refractivity contribution is 5.75. The number of aryl methyl sites for hydroxylation is 1. The smallest absolute Gasteiger partial charge is 0.130 e. The first-order chi connectivity index (χ1) is 13.5. The number of likely N-dealkylation sites (tertiary alicyclic amines) is 1. The highest BCUT2D eigenvalue weighted by atomic mass is 19.1. The third-order valence-electron chi connectivity index (χ3n) is 5.20. The Balaban J connectivity index is 1.47. The number of carbonyl (C=O) groups is 1. The van der Waals surface area contributed by atoms with Gasteiger partial charge < -0.3 is 14.6 Å². The van der Waals surface area contributed by atoms with E-state index in [0.717, 1.165) is 36.9 Å². The van der Waals surface area contributed by atoms with Crippen molar-refractivity contribution in [2.75, 3.05) is 19.7 Å². The Labute approximate surface area is 165 Å². The van der Waals surface area contributed by atoms with Gasteiger partial charge in [-0.3, -0.25) is 4.90 Å². The number of Topliss-reactive ketones (excluding diaryl/α,β-unsaturated/α-hetero) is 1. The van der Waals surface area contributed by atoms with E-state index in [0.29, 0.717) is 18.7 Å². The first kappa shape index (κ1) is 20.5. The molecule has 2 aromatic rings. The Morgan fingerprint density at radius 2 is 1.93 bits per heavy atom. The van der Waals surface area contributed by atoms with Crippen molar-refractivity contribution in [2.24, 2.45) is 0 Å². The molecule has 1 N–H and O–H groups in total. The zero-order valence-electron chi connectivity index (χ0n) is 16.3. The van der Waals surface area contributed by atoms with Crippen molar-refractivity contribution in [3.05, 3.63) is 65.5 Å². The zero-order valence-corrected chi connectivity index (χ0v) is 16.3. The van der Waals surface area contributed by atoms with Gasteiger partial charge in [-0.15, -0.1) is 0 Å². The van der Waals surface area contributed by atoms with Crippen LogP contribution in [0.25, 0.3) is 0 Å². The molecular formula is C23H28FNO3. The summed E-state index contributed by atoms with van der Waals surface area (Å²) in [4.78, 5) is 13.3. The van der Waals surface area contributed by atoms with Crippen LogP contribution in [-0.2, 0) is 11.2 Å². The second-order valence-electron chi connectivity index (χ2n) is 7.52. The minimum Gasteiger partial charge on any atom is -0.491 e. The van der Waals surface area contributed by atoms with E-state index in [4.69, 9.17) is 4.74 Å². The number of benzene rings is 2. The predicted molar refractivity (Wildman–Crippen MR) is 107 cm³/mol. The molecule has 1 heterocycles. The first-order valence-electron chi connectivity index (χ1n) is 9.90. The van der Waals surface area contributed by atoms with Gasteiger partial charge in [0, 0.05) is 19.0 Å². The lowest BCUT2D eigenvalue weighted by Crippen LogP contribution is -2.35. The van der Waals surface area contributed by atoms with Crippen LogP contribution < -0.4 is 4.74 Å². The number of ketones is 1. The predicted octanol–water partition coefficient (Wildman–Crippen LogP) is 3.92. The Bertz CT molecular complexity index is 760. The third kappa shape index (κ3) is 5.88. The number of aliphatic hydroxyl groups excluding tert-OH is 1. The Hall–Kier alpha value is -2.24. The molecule has 0 amide bonds. The van der Waals surface area contributed by atoms with Crippen LogP contribution in [-0.4, -0.2) is 41.6 Å². The van der Waals surface area contributed by atoms with E-state index in [-0.39, 0.29) is 24.2 Å². The van der Waals surface area contributed by atoms with Crippen LogP contribution in [0.2, 0.25) is 0 Å². The Morgan fingerprint density at radius 3 is 2.61 bits per heavy atom. The summed E-state index contributed by atoms with van der Waals surface area (Å²) in [7, 11) is 0. The molecule has 150 valence electrons.